The molecule has 2 atom stereocenters. The fourth-order valence-corrected chi connectivity index (χ4v) is 6.92. The number of hydrogen-bond acceptors (Lipinski definition) is 14. The number of hydrogen-bond donors (Lipinski definition) is 3. The molecule has 5 N–H and O–H groups in total. The second-order valence-electron chi connectivity index (χ2n) is 13.4. The maximum atomic E-state index is 14.4. The van der Waals surface area contributed by atoms with E-state index in [1.54, 1.807) is 43.6 Å². The highest BCUT2D eigenvalue weighted by molar-refractivity contribution is 9.10. The second-order valence-corrected chi connectivity index (χ2v) is 14.3. The van der Waals surface area contributed by atoms with Crippen LogP contribution in [0.25, 0.3) is 11.1 Å². The standard InChI is InChI=1S/C24H23FN4O4.C14H10BrN3O3/c1-23(2,30-3)12-31-15-10-18-21(28-11-15)33-19-7-6-14(16-5-4-8-27-20(16)25)9-17(19)24(18)13-32-22(26)29-24;15-7-1-2-11-9(3-7)14(6-20-13(16)18-14)10-4-8(19)5-17-12(10)21-11/h4-11H,12-13H2,1-3H3,(H2,26,29);1-5,19H,6H2,(H2,16,18). The lowest BCUT2D eigenvalue weighted by Gasteiger charge is -2.33. The van der Waals surface area contributed by atoms with Crippen LogP contribution in [0.2, 0.25) is 0 Å². The lowest BCUT2D eigenvalue weighted by Crippen LogP contribution is -2.32. The summed E-state index contributed by atoms with van der Waals surface area (Å²) in [7, 11) is 1.63. The fraction of sp³-hybridized carbons (Fsp3) is 0.237. The van der Waals surface area contributed by atoms with Crippen LogP contribution in [0.1, 0.15) is 36.1 Å². The van der Waals surface area contributed by atoms with E-state index in [1.807, 2.05) is 44.2 Å². The summed E-state index contributed by atoms with van der Waals surface area (Å²) in [4.78, 5) is 21.5. The number of ether oxygens (including phenoxy) is 6. The number of aliphatic imine (C=N–C) groups is 2. The lowest BCUT2D eigenvalue weighted by atomic mass is 9.81. The summed E-state index contributed by atoms with van der Waals surface area (Å²) in [5, 5.41) is 9.75. The Labute approximate surface area is 316 Å². The summed E-state index contributed by atoms with van der Waals surface area (Å²) in [5.74, 6) is 1.96. The van der Waals surface area contributed by atoms with Crippen molar-refractivity contribution < 1.29 is 37.9 Å². The number of nitrogens with two attached hydrogens (primary N) is 2. The van der Waals surface area contributed by atoms with Gasteiger partial charge in [-0.3, -0.25) is 0 Å². The first-order chi connectivity index (χ1) is 25.9. The maximum Gasteiger partial charge on any atom is 0.283 e. The molecule has 276 valence electrons. The molecule has 7 heterocycles. The Morgan fingerprint density at radius 2 is 1.46 bits per heavy atom. The molecule has 4 aliphatic rings. The number of aromatic nitrogens is 3. The van der Waals surface area contributed by atoms with Crippen LogP contribution in [0.15, 0.2) is 93.7 Å². The second kappa shape index (κ2) is 13.1. The van der Waals surface area contributed by atoms with E-state index in [-0.39, 0.29) is 31.0 Å². The van der Waals surface area contributed by atoms with Gasteiger partial charge in [0.05, 0.1) is 29.1 Å². The van der Waals surface area contributed by atoms with Gasteiger partial charge in [-0.25, -0.2) is 24.9 Å². The van der Waals surface area contributed by atoms with E-state index in [4.69, 9.17) is 39.9 Å². The molecule has 0 aliphatic carbocycles. The highest BCUT2D eigenvalue weighted by atomic mass is 79.9. The normalized spacial score (nSPS) is 20.0. The molecule has 54 heavy (non-hydrogen) atoms. The van der Waals surface area contributed by atoms with Gasteiger partial charge in [-0.15, -0.1) is 0 Å². The molecule has 0 bridgehead atoms. The van der Waals surface area contributed by atoms with E-state index in [2.05, 4.69) is 40.9 Å². The molecule has 9 rings (SSSR count). The lowest BCUT2D eigenvalue weighted by molar-refractivity contribution is -0.0148. The summed E-state index contributed by atoms with van der Waals surface area (Å²) >= 11 is 3.45. The summed E-state index contributed by atoms with van der Waals surface area (Å²) < 4.78 is 49.5. The Balaban J connectivity index is 0.000000169. The van der Waals surface area contributed by atoms with Crippen molar-refractivity contribution in [1.82, 2.24) is 15.0 Å². The van der Waals surface area contributed by atoms with Crippen molar-refractivity contribution in [2.75, 3.05) is 26.9 Å². The molecule has 16 heteroatoms. The van der Waals surface area contributed by atoms with Crippen molar-refractivity contribution in [2.45, 2.75) is 30.5 Å². The number of aromatic hydroxyl groups is 1. The minimum absolute atomic E-state index is 0.0378. The van der Waals surface area contributed by atoms with Crippen LogP contribution in [0.3, 0.4) is 0 Å². The summed E-state index contributed by atoms with van der Waals surface area (Å²) in [5.41, 5.74) is 13.1. The number of fused-ring (bicyclic) bond motifs is 8. The van der Waals surface area contributed by atoms with Gasteiger partial charge in [0, 0.05) is 34.5 Å². The van der Waals surface area contributed by atoms with Crippen molar-refractivity contribution in [3.63, 3.8) is 0 Å². The average molecular weight is 799 g/mol. The van der Waals surface area contributed by atoms with Gasteiger partial charge in [-0.1, -0.05) is 22.0 Å². The van der Waals surface area contributed by atoms with E-state index in [0.717, 1.165) is 10.0 Å². The van der Waals surface area contributed by atoms with Gasteiger partial charge >= 0.3 is 0 Å². The fourth-order valence-electron chi connectivity index (χ4n) is 6.56. The molecule has 4 aliphatic heterocycles. The zero-order chi connectivity index (χ0) is 37.8. The van der Waals surface area contributed by atoms with Crippen molar-refractivity contribution in [3.05, 3.63) is 112 Å². The topological polar surface area (TPSA) is 191 Å². The highest BCUT2D eigenvalue weighted by Crippen LogP contribution is 2.53. The third-order valence-corrected chi connectivity index (χ3v) is 9.94. The van der Waals surface area contributed by atoms with Crippen LogP contribution in [-0.2, 0) is 25.3 Å². The number of pyridine rings is 3. The molecular formula is C38H33BrFN7O7. The SMILES string of the molecule is COC(C)(C)COc1cnc2c(c1)C1(COC(N)=N1)c1cc(-c3cccnc3F)ccc1O2.NC1=NC2(CO1)c1cc(Br)ccc1Oc1ncc(O)cc12. The number of benzene rings is 2. The Bertz CT molecular complexity index is 2320. The Morgan fingerprint density at radius 3 is 2.09 bits per heavy atom. The van der Waals surface area contributed by atoms with E-state index >= 15 is 0 Å². The first-order valence-electron chi connectivity index (χ1n) is 16.7. The molecule has 0 radical (unpaired) electrons. The summed E-state index contributed by atoms with van der Waals surface area (Å²) in [6.07, 6.45) is 4.33. The third-order valence-electron chi connectivity index (χ3n) is 9.45. The van der Waals surface area contributed by atoms with E-state index in [0.29, 0.717) is 63.4 Å². The highest BCUT2D eigenvalue weighted by Gasteiger charge is 2.49. The Hall–Kier alpha value is -6.00. The summed E-state index contributed by atoms with van der Waals surface area (Å²) in [6, 6.07) is 17.9. The van der Waals surface area contributed by atoms with E-state index in [1.165, 1.54) is 12.4 Å². The molecule has 0 saturated heterocycles. The van der Waals surface area contributed by atoms with Crippen molar-refractivity contribution in [3.8, 4) is 45.9 Å². The Morgan fingerprint density at radius 1 is 0.833 bits per heavy atom. The maximum absolute atomic E-state index is 14.4. The van der Waals surface area contributed by atoms with Crippen LogP contribution in [-0.4, -0.2) is 64.6 Å². The predicted molar refractivity (Wildman–Crippen MR) is 197 cm³/mol. The zero-order valence-corrected chi connectivity index (χ0v) is 30.8. The Kier molecular flexibility index (Phi) is 8.53. The van der Waals surface area contributed by atoms with Crippen molar-refractivity contribution in [1.29, 1.82) is 0 Å². The molecule has 5 aromatic rings. The van der Waals surface area contributed by atoms with E-state index < -0.39 is 22.6 Å². The summed E-state index contributed by atoms with van der Waals surface area (Å²) in [6.45, 7) is 4.56. The van der Waals surface area contributed by atoms with E-state index in [9.17, 15) is 9.50 Å². The molecule has 3 aromatic heterocycles. The van der Waals surface area contributed by atoms with Crippen LogP contribution < -0.4 is 25.7 Å². The van der Waals surface area contributed by atoms with Gasteiger partial charge in [0.25, 0.3) is 12.0 Å². The molecule has 0 amide bonds. The molecule has 14 nitrogen and oxygen atoms in total. The van der Waals surface area contributed by atoms with Crippen LogP contribution in [0.5, 0.6) is 34.8 Å². The monoisotopic (exact) mass is 797 g/mol. The van der Waals surface area contributed by atoms with Crippen molar-refractivity contribution >= 4 is 28.0 Å². The van der Waals surface area contributed by atoms with Crippen LogP contribution >= 0.6 is 15.9 Å². The van der Waals surface area contributed by atoms with Gasteiger partial charge in [0.2, 0.25) is 17.7 Å². The first-order valence-corrected chi connectivity index (χ1v) is 17.4. The first kappa shape index (κ1) is 35.1. The quantitative estimate of drug-likeness (QED) is 0.176. The number of halogens is 2. The van der Waals surface area contributed by atoms with Gasteiger partial charge < -0.3 is 45.0 Å². The van der Waals surface area contributed by atoms with Crippen molar-refractivity contribution in [2.24, 2.45) is 21.5 Å². The molecule has 2 spiro atoms. The van der Waals surface area contributed by atoms with Gasteiger partial charge in [-0.2, -0.15) is 4.39 Å². The minimum Gasteiger partial charge on any atom is -0.506 e. The number of rotatable bonds is 5. The van der Waals surface area contributed by atoms with Crippen LogP contribution in [0.4, 0.5) is 4.39 Å². The number of nitrogens with zero attached hydrogens (tertiary/aromatic N) is 5. The molecular weight excluding hydrogens is 765 g/mol. The van der Waals surface area contributed by atoms with Gasteiger partial charge in [0.1, 0.15) is 42.8 Å². The minimum atomic E-state index is -1.01. The predicted octanol–water partition coefficient (Wildman–Crippen LogP) is 6.02. The molecule has 0 saturated carbocycles. The number of methoxy groups -OCH3 is 1. The largest absolute Gasteiger partial charge is 0.506 e. The molecule has 0 fully saturated rings. The number of amidine groups is 2. The average Bonchev–Trinajstić information content (AvgIpc) is 3.75. The molecule has 2 unspecified atom stereocenters. The van der Waals surface area contributed by atoms with Gasteiger partial charge in [-0.05, 0) is 74.0 Å². The smallest absolute Gasteiger partial charge is 0.283 e. The third kappa shape index (κ3) is 6.06. The van der Waals surface area contributed by atoms with Crippen LogP contribution in [0, 0.1) is 5.95 Å². The zero-order valence-electron chi connectivity index (χ0n) is 29.2. The molecule has 2 aromatic carbocycles. The van der Waals surface area contributed by atoms with Gasteiger partial charge in [0.15, 0.2) is 11.1 Å².